The summed E-state index contributed by atoms with van der Waals surface area (Å²) in [5, 5.41) is 14.2. The lowest BCUT2D eigenvalue weighted by Gasteiger charge is -2.25. The van der Waals surface area contributed by atoms with E-state index in [4.69, 9.17) is 5.73 Å². The summed E-state index contributed by atoms with van der Waals surface area (Å²) in [7, 11) is 1.76. The predicted octanol–water partition coefficient (Wildman–Crippen LogP) is 1.19. The first-order valence-corrected chi connectivity index (χ1v) is 6.68. The second-order valence-electron chi connectivity index (χ2n) is 6.04. The number of anilines is 1. The molecule has 7 heteroatoms. The standard InChI is InChI=1S/C14H20N6O/c1-14(2,3)11(15)13(21)16-10-7-5-6-9(8-10)12-17-18-19-20(12)4/h5-8,11H,15H2,1-4H3,(H,16,21)/t11-/m0/s1. The van der Waals surface area contributed by atoms with Crippen molar-refractivity contribution in [3.63, 3.8) is 0 Å². The maximum Gasteiger partial charge on any atom is 0.241 e. The van der Waals surface area contributed by atoms with Crippen LogP contribution in [0.4, 0.5) is 5.69 Å². The maximum absolute atomic E-state index is 12.1. The fraction of sp³-hybridized carbons (Fsp3) is 0.429. The minimum atomic E-state index is -0.586. The maximum atomic E-state index is 12.1. The summed E-state index contributed by atoms with van der Waals surface area (Å²) in [5.74, 6) is 0.418. The van der Waals surface area contributed by atoms with Crippen molar-refractivity contribution in [1.82, 2.24) is 20.2 Å². The van der Waals surface area contributed by atoms with Gasteiger partial charge in [-0.1, -0.05) is 32.9 Å². The number of aromatic nitrogens is 4. The van der Waals surface area contributed by atoms with Gasteiger partial charge in [0.25, 0.3) is 0 Å². The number of nitrogens with zero attached hydrogens (tertiary/aromatic N) is 4. The average Bonchev–Trinajstić information content (AvgIpc) is 2.83. The zero-order valence-corrected chi connectivity index (χ0v) is 12.7. The van der Waals surface area contributed by atoms with Crippen LogP contribution >= 0.6 is 0 Å². The van der Waals surface area contributed by atoms with Crippen molar-refractivity contribution in [2.75, 3.05) is 5.32 Å². The predicted molar refractivity (Wildman–Crippen MR) is 80.3 cm³/mol. The van der Waals surface area contributed by atoms with Crippen molar-refractivity contribution >= 4 is 11.6 Å². The van der Waals surface area contributed by atoms with Crippen LogP contribution in [-0.4, -0.2) is 32.2 Å². The van der Waals surface area contributed by atoms with E-state index in [1.807, 2.05) is 39.0 Å². The minimum absolute atomic E-state index is 0.212. The highest BCUT2D eigenvalue weighted by Crippen LogP contribution is 2.22. The third-order valence-electron chi connectivity index (χ3n) is 3.22. The van der Waals surface area contributed by atoms with Crippen molar-refractivity contribution in [3.8, 4) is 11.4 Å². The van der Waals surface area contributed by atoms with E-state index in [0.29, 0.717) is 11.5 Å². The molecule has 0 aliphatic heterocycles. The zero-order valence-electron chi connectivity index (χ0n) is 12.7. The molecule has 112 valence electrons. The highest BCUT2D eigenvalue weighted by Gasteiger charge is 2.27. The summed E-state index contributed by atoms with van der Waals surface area (Å²) in [6.45, 7) is 5.79. The second-order valence-corrected chi connectivity index (χ2v) is 6.04. The van der Waals surface area contributed by atoms with Gasteiger partial charge in [-0.15, -0.1) is 5.10 Å². The summed E-state index contributed by atoms with van der Waals surface area (Å²) in [6, 6.07) is 6.75. The number of aryl methyl sites for hydroxylation is 1. The van der Waals surface area contributed by atoms with Crippen LogP contribution in [0, 0.1) is 5.41 Å². The number of nitrogens with one attached hydrogen (secondary N) is 1. The molecule has 0 saturated carbocycles. The molecule has 1 aromatic carbocycles. The topological polar surface area (TPSA) is 98.7 Å². The van der Waals surface area contributed by atoms with Crippen LogP contribution in [0.25, 0.3) is 11.4 Å². The third kappa shape index (κ3) is 3.43. The smallest absolute Gasteiger partial charge is 0.241 e. The highest BCUT2D eigenvalue weighted by molar-refractivity contribution is 5.95. The Bertz CT molecular complexity index is 643. The Morgan fingerprint density at radius 2 is 2.10 bits per heavy atom. The third-order valence-corrected chi connectivity index (χ3v) is 3.22. The van der Waals surface area contributed by atoms with E-state index >= 15 is 0 Å². The molecule has 1 atom stereocenters. The van der Waals surface area contributed by atoms with Crippen molar-refractivity contribution < 1.29 is 4.79 Å². The first kappa shape index (κ1) is 15.1. The van der Waals surface area contributed by atoms with Crippen LogP contribution < -0.4 is 11.1 Å². The number of tetrazole rings is 1. The number of hydrogen-bond acceptors (Lipinski definition) is 5. The van der Waals surface area contributed by atoms with Gasteiger partial charge in [-0.25, -0.2) is 4.68 Å². The molecule has 2 aromatic rings. The van der Waals surface area contributed by atoms with Crippen LogP contribution in [0.2, 0.25) is 0 Å². The molecule has 0 fully saturated rings. The van der Waals surface area contributed by atoms with E-state index in [1.54, 1.807) is 17.8 Å². The molecule has 0 aliphatic carbocycles. The SMILES string of the molecule is Cn1nnnc1-c1cccc(NC(=O)[C@H](N)C(C)(C)C)c1. The Balaban J connectivity index is 2.19. The van der Waals surface area contributed by atoms with E-state index in [0.717, 1.165) is 5.56 Å². The molecule has 2 rings (SSSR count). The molecule has 0 unspecified atom stereocenters. The Kier molecular flexibility index (Phi) is 4.04. The molecular formula is C14H20N6O. The lowest BCUT2D eigenvalue weighted by molar-refractivity contribution is -0.119. The highest BCUT2D eigenvalue weighted by atomic mass is 16.2. The molecule has 0 bridgehead atoms. The van der Waals surface area contributed by atoms with Gasteiger partial charge >= 0.3 is 0 Å². The molecule has 1 amide bonds. The molecule has 21 heavy (non-hydrogen) atoms. The molecule has 7 nitrogen and oxygen atoms in total. The van der Waals surface area contributed by atoms with Gasteiger partial charge in [0.2, 0.25) is 5.91 Å². The molecule has 0 spiro atoms. The average molecular weight is 288 g/mol. The van der Waals surface area contributed by atoms with Crippen LogP contribution in [0.1, 0.15) is 20.8 Å². The molecule has 1 aromatic heterocycles. The number of amides is 1. The first-order valence-electron chi connectivity index (χ1n) is 6.68. The Morgan fingerprint density at radius 3 is 2.67 bits per heavy atom. The molecule has 3 N–H and O–H groups in total. The molecule has 0 radical (unpaired) electrons. The molecular weight excluding hydrogens is 268 g/mol. The first-order chi connectivity index (χ1) is 9.79. The number of carbonyl (C=O) groups excluding carboxylic acids is 1. The van der Waals surface area contributed by atoms with Crippen molar-refractivity contribution in [2.24, 2.45) is 18.2 Å². The summed E-state index contributed by atoms with van der Waals surface area (Å²) in [5.41, 5.74) is 7.14. The van der Waals surface area contributed by atoms with Gasteiger partial charge < -0.3 is 11.1 Å². The number of nitrogens with two attached hydrogens (primary N) is 1. The molecule has 0 aliphatic rings. The van der Waals surface area contributed by atoms with E-state index in [-0.39, 0.29) is 11.3 Å². The fourth-order valence-electron chi connectivity index (χ4n) is 1.82. The molecule has 1 heterocycles. The minimum Gasteiger partial charge on any atom is -0.325 e. The van der Waals surface area contributed by atoms with Gasteiger partial charge in [-0.2, -0.15) is 0 Å². The van der Waals surface area contributed by atoms with Gasteiger partial charge in [0, 0.05) is 18.3 Å². The van der Waals surface area contributed by atoms with E-state index < -0.39 is 6.04 Å². The Morgan fingerprint density at radius 1 is 1.38 bits per heavy atom. The van der Waals surface area contributed by atoms with Gasteiger partial charge in [0.15, 0.2) is 5.82 Å². The second kappa shape index (κ2) is 5.61. The Hall–Kier alpha value is -2.28. The number of rotatable bonds is 3. The number of benzene rings is 1. The van der Waals surface area contributed by atoms with E-state index in [2.05, 4.69) is 20.8 Å². The van der Waals surface area contributed by atoms with Gasteiger partial charge in [0.1, 0.15) is 0 Å². The quantitative estimate of drug-likeness (QED) is 0.884. The summed E-state index contributed by atoms with van der Waals surface area (Å²) < 4.78 is 1.57. The summed E-state index contributed by atoms with van der Waals surface area (Å²) in [4.78, 5) is 12.1. The lowest BCUT2D eigenvalue weighted by Crippen LogP contribution is -2.45. The van der Waals surface area contributed by atoms with E-state index in [1.165, 1.54) is 0 Å². The number of hydrogen-bond donors (Lipinski definition) is 2. The number of carbonyl (C=O) groups is 1. The normalized spacial score (nSPS) is 13.0. The van der Waals surface area contributed by atoms with Gasteiger partial charge in [-0.05, 0) is 28.0 Å². The van der Waals surface area contributed by atoms with Crippen LogP contribution in [0.15, 0.2) is 24.3 Å². The van der Waals surface area contributed by atoms with Gasteiger partial charge in [-0.3, -0.25) is 4.79 Å². The lowest BCUT2D eigenvalue weighted by atomic mass is 9.87. The van der Waals surface area contributed by atoms with Crippen LogP contribution in [0.3, 0.4) is 0 Å². The summed E-state index contributed by atoms with van der Waals surface area (Å²) in [6.07, 6.45) is 0. The van der Waals surface area contributed by atoms with E-state index in [9.17, 15) is 4.79 Å². The van der Waals surface area contributed by atoms with Crippen molar-refractivity contribution in [3.05, 3.63) is 24.3 Å². The summed E-state index contributed by atoms with van der Waals surface area (Å²) >= 11 is 0. The van der Waals surface area contributed by atoms with Crippen molar-refractivity contribution in [2.45, 2.75) is 26.8 Å². The largest absolute Gasteiger partial charge is 0.325 e. The molecule has 0 saturated heterocycles. The fourth-order valence-corrected chi connectivity index (χ4v) is 1.82. The zero-order chi connectivity index (χ0) is 15.6. The Labute approximate surface area is 123 Å². The van der Waals surface area contributed by atoms with Gasteiger partial charge in [0.05, 0.1) is 6.04 Å². The van der Waals surface area contributed by atoms with Crippen molar-refractivity contribution in [1.29, 1.82) is 0 Å². The van der Waals surface area contributed by atoms with Crippen LogP contribution in [0.5, 0.6) is 0 Å². The monoisotopic (exact) mass is 288 g/mol. The van der Waals surface area contributed by atoms with Crippen LogP contribution in [-0.2, 0) is 11.8 Å².